The molecule has 0 aromatic rings. The Bertz CT molecular complexity index is 781. The molecule has 3 nitrogen and oxygen atoms in total. The van der Waals surface area contributed by atoms with Crippen LogP contribution < -0.4 is 0 Å². The summed E-state index contributed by atoms with van der Waals surface area (Å²) >= 11 is 0. The third-order valence-electron chi connectivity index (χ3n) is 10.4. The molecule has 28 heavy (non-hydrogen) atoms. The highest BCUT2D eigenvalue weighted by molar-refractivity contribution is 5.82. The van der Waals surface area contributed by atoms with Gasteiger partial charge in [-0.1, -0.05) is 31.4 Å². The lowest BCUT2D eigenvalue weighted by atomic mass is 9.47. The lowest BCUT2D eigenvalue weighted by Crippen LogP contribution is -2.56. The average Bonchev–Trinajstić information content (AvgIpc) is 3.34. The molecular weight excluding hydrogens is 348 g/mol. The zero-order chi connectivity index (χ0) is 19.3. The number of fused-ring (bicyclic) bond motifs is 8. The van der Waals surface area contributed by atoms with Crippen molar-refractivity contribution in [3.8, 4) is 0 Å². The Morgan fingerprint density at radius 1 is 1.11 bits per heavy atom. The first-order valence-electron chi connectivity index (χ1n) is 12.0. The van der Waals surface area contributed by atoms with E-state index in [-0.39, 0.29) is 17.0 Å². The van der Waals surface area contributed by atoms with Crippen LogP contribution in [0, 0.1) is 40.9 Å². The van der Waals surface area contributed by atoms with E-state index in [1.54, 1.807) is 5.57 Å². The monoisotopic (exact) mass is 382 g/mol. The van der Waals surface area contributed by atoms with E-state index in [2.05, 4.69) is 13.8 Å². The summed E-state index contributed by atoms with van der Waals surface area (Å²) in [7, 11) is 0. The van der Waals surface area contributed by atoms with Crippen LogP contribution in [0.4, 0.5) is 0 Å². The Kier molecular flexibility index (Phi) is 3.62. The molecule has 1 spiro atoms. The van der Waals surface area contributed by atoms with Gasteiger partial charge in [-0.2, -0.15) is 0 Å². The summed E-state index contributed by atoms with van der Waals surface area (Å²) in [5.74, 6) is 4.89. The lowest BCUT2D eigenvalue weighted by Gasteiger charge is -2.59. The van der Waals surface area contributed by atoms with E-state index in [0.29, 0.717) is 24.0 Å². The summed E-state index contributed by atoms with van der Waals surface area (Å²) < 4.78 is 6.30. The SMILES string of the molecule is CCC1CC2=C(CCC(=O)C2)C2CC[C@@]3(CC)C(C4CC4[C@@]34CCC(=O)O4)C12. The van der Waals surface area contributed by atoms with Gasteiger partial charge in [-0.15, -0.1) is 0 Å². The number of hydrogen-bond donors (Lipinski definition) is 0. The number of esters is 1. The Morgan fingerprint density at radius 2 is 1.96 bits per heavy atom. The molecular formula is C25H34O3. The van der Waals surface area contributed by atoms with Crippen molar-refractivity contribution in [2.24, 2.45) is 40.9 Å². The average molecular weight is 383 g/mol. The van der Waals surface area contributed by atoms with Gasteiger partial charge in [-0.25, -0.2) is 0 Å². The molecule has 3 saturated carbocycles. The Labute approximate surface area is 168 Å². The first kappa shape index (κ1) is 17.7. The maximum Gasteiger partial charge on any atom is 0.306 e. The fourth-order valence-electron chi connectivity index (χ4n) is 9.45. The number of carbonyl (C=O) groups is 2. The van der Waals surface area contributed by atoms with Crippen molar-refractivity contribution in [1.29, 1.82) is 0 Å². The number of ketones is 1. The van der Waals surface area contributed by atoms with Crippen molar-refractivity contribution in [3.05, 3.63) is 11.1 Å². The summed E-state index contributed by atoms with van der Waals surface area (Å²) in [6, 6.07) is 0. The van der Waals surface area contributed by atoms with Crippen LogP contribution >= 0.6 is 0 Å². The minimum Gasteiger partial charge on any atom is -0.458 e. The van der Waals surface area contributed by atoms with Crippen LogP contribution in [0.3, 0.4) is 0 Å². The van der Waals surface area contributed by atoms with E-state index in [4.69, 9.17) is 4.74 Å². The number of Topliss-reactive ketones (excluding diaryl/α,β-unsaturated/α-hetero) is 1. The number of rotatable bonds is 2. The van der Waals surface area contributed by atoms with Gasteiger partial charge in [0.05, 0.1) is 0 Å². The number of ether oxygens (including phenoxy) is 1. The smallest absolute Gasteiger partial charge is 0.306 e. The van der Waals surface area contributed by atoms with Gasteiger partial charge in [0.2, 0.25) is 0 Å². The topological polar surface area (TPSA) is 43.4 Å². The predicted octanol–water partition coefficient (Wildman–Crippen LogP) is 5.23. The normalized spacial score (nSPS) is 51.5. The first-order chi connectivity index (χ1) is 13.5. The minimum absolute atomic E-state index is 0.0627. The molecule has 1 heterocycles. The number of hydrogen-bond acceptors (Lipinski definition) is 3. The summed E-state index contributed by atoms with van der Waals surface area (Å²) in [5, 5.41) is 0. The van der Waals surface area contributed by atoms with Gasteiger partial charge in [0, 0.05) is 30.6 Å². The van der Waals surface area contributed by atoms with Crippen LogP contribution in [0.1, 0.15) is 84.5 Å². The molecule has 0 N–H and O–H groups in total. The summed E-state index contributed by atoms with van der Waals surface area (Å²) in [6.45, 7) is 4.74. The Hall–Kier alpha value is -1.12. The second-order valence-electron chi connectivity index (χ2n) is 10.8. The van der Waals surface area contributed by atoms with Gasteiger partial charge in [-0.05, 0) is 74.5 Å². The molecule has 0 bridgehead atoms. The van der Waals surface area contributed by atoms with Crippen molar-refractivity contribution in [2.75, 3.05) is 0 Å². The van der Waals surface area contributed by atoms with Crippen molar-refractivity contribution < 1.29 is 14.3 Å². The molecule has 6 rings (SSSR count). The van der Waals surface area contributed by atoms with Crippen LogP contribution in [0.5, 0.6) is 0 Å². The molecule has 0 amide bonds. The van der Waals surface area contributed by atoms with Gasteiger partial charge in [0.1, 0.15) is 11.4 Å². The molecule has 5 aliphatic carbocycles. The van der Waals surface area contributed by atoms with Crippen LogP contribution in [-0.4, -0.2) is 17.4 Å². The fourth-order valence-corrected chi connectivity index (χ4v) is 9.45. The standard InChI is InChI=1S/C25H34O3/c1-3-14-11-15-12-16(26)5-6-17(15)18-7-9-24(4-2)23(22(14)18)19-13-20(19)25(24)10-8-21(27)28-25/h14,18-20,22-23H,3-13H2,1-2H3/t14?,18?,19?,20?,22?,23?,24-,25-/m0/s1. The van der Waals surface area contributed by atoms with Crippen molar-refractivity contribution in [1.82, 2.24) is 0 Å². The van der Waals surface area contributed by atoms with Gasteiger partial charge in [0.15, 0.2) is 0 Å². The van der Waals surface area contributed by atoms with E-state index in [1.165, 1.54) is 44.1 Å². The zero-order valence-electron chi connectivity index (χ0n) is 17.5. The van der Waals surface area contributed by atoms with E-state index >= 15 is 0 Å². The third-order valence-corrected chi connectivity index (χ3v) is 10.4. The molecule has 152 valence electrons. The van der Waals surface area contributed by atoms with E-state index < -0.39 is 0 Å². The van der Waals surface area contributed by atoms with Crippen LogP contribution in [0.25, 0.3) is 0 Å². The molecule has 0 aromatic heterocycles. The summed E-state index contributed by atoms with van der Waals surface area (Å²) in [5.41, 5.74) is 3.32. The first-order valence-corrected chi connectivity index (χ1v) is 12.0. The second kappa shape index (κ2) is 5.73. The minimum atomic E-state index is -0.130. The summed E-state index contributed by atoms with van der Waals surface area (Å²) in [6.07, 6.45) is 11.5. The van der Waals surface area contributed by atoms with Crippen LogP contribution in [0.2, 0.25) is 0 Å². The van der Waals surface area contributed by atoms with E-state index in [9.17, 15) is 9.59 Å². The fraction of sp³-hybridized carbons (Fsp3) is 0.840. The Morgan fingerprint density at radius 3 is 2.68 bits per heavy atom. The molecule has 6 unspecified atom stereocenters. The largest absolute Gasteiger partial charge is 0.458 e. The molecule has 4 fully saturated rings. The van der Waals surface area contributed by atoms with Gasteiger partial charge < -0.3 is 4.74 Å². The lowest BCUT2D eigenvalue weighted by molar-refractivity contribution is -0.178. The maximum absolute atomic E-state index is 12.3. The molecule has 0 aromatic carbocycles. The van der Waals surface area contributed by atoms with Crippen molar-refractivity contribution in [2.45, 2.75) is 90.1 Å². The molecule has 1 saturated heterocycles. The van der Waals surface area contributed by atoms with Crippen molar-refractivity contribution in [3.63, 3.8) is 0 Å². The van der Waals surface area contributed by atoms with Gasteiger partial charge in [-0.3, -0.25) is 9.59 Å². The quantitative estimate of drug-likeness (QED) is 0.485. The predicted molar refractivity (Wildman–Crippen MR) is 106 cm³/mol. The molecule has 8 atom stereocenters. The number of carbonyl (C=O) groups excluding carboxylic acids is 2. The van der Waals surface area contributed by atoms with Crippen molar-refractivity contribution >= 4 is 11.8 Å². The van der Waals surface area contributed by atoms with Crippen LogP contribution in [-0.2, 0) is 14.3 Å². The Balaban J connectivity index is 1.44. The molecule has 0 radical (unpaired) electrons. The maximum atomic E-state index is 12.3. The zero-order valence-corrected chi connectivity index (χ0v) is 17.5. The molecule has 6 aliphatic rings. The highest BCUT2D eigenvalue weighted by Crippen LogP contribution is 2.79. The van der Waals surface area contributed by atoms with Gasteiger partial charge in [0.25, 0.3) is 0 Å². The second-order valence-corrected chi connectivity index (χ2v) is 10.8. The van der Waals surface area contributed by atoms with E-state index in [0.717, 1.165) is 49.4 Å². The highest BCUT2D eigenvalue weighted by Gasteiger charge is 2.79. The van der Waals surface area contributed by atoms with E-state index in [1.807, 2.05) is 0 Å². The van der Waals surface area contributed by atoms with Crippen LogP contribution in [0.15, 0.2) is 11.1 Å². The number of allylic oxidation sites excluding steroid dienone is 2. The third kappa shape index (κ3) is 1.97. The molecule has 1 aliphatic heterocycles. The summed E-state index contributed by atoms with van der Waals surface area (Å²) in [4.78, 5) is 24.4. The highest BCUT2D eigenvalue weighted by atomic mass is 16.6. The molecule has 3 heteroatoms. The van der Waals surface area contributed by atoms with Gasteiger partial charge >= 0.3 is 5.97 Å².